The number of carbonyl (C=O) groups is 1. The number of hydrogen-bond donors (Lipinski definition) is 1. The highest BCUT2D eigenvalue weighted by Gasteiger charge is 2.08. The average Bonchev–Trinajstić information content (AvgIpc) is 2.25. The molecule has 0 radical (unpaired) electrons. The summed E-state index contributed by atoms with van der Waals surface area (Å²) < 4.78 is 0. The van der Waals surface area contributed by atoms with Crippen LogP contribution in [0.1, 0.15) is 40.5 Å². The molecule has 1 heterocycles. The highest BCUT2D eigenvalue weighted by molar-refractivity contribution is 5.75. The zero-order chi connectivity index (χ0) is 10.2. The van der Waals surface area contributed by atoms with Gasteiger partial charge in [0.25, 0.3) is 0 Å². The molecule has 0 saturated carbocycles. The molecule has 0 aliphatic carbocycles. The van der Waals surface area contributed by atoms with Crippen LogP contribution in [0.5, 0.6) is 0 Å². The fourth-order valence-corrected chi connectivity index (χ4v) is 1.84. The second-order valence-electron chi connectivity index (χ2n) is 3.96. The first-order valence-corrected chi connectivity index (χ1v) is 5.82. The quantitative estimate of drug-likeness (QED) is 0.684. The first-order valence-electron chi connectivity index (χ1n) is 5.82. The van der Waals surface area contributed by atoms with Gasteiger partial charge in [0.15, 0.2) is 0 Å². The first kappa shape index (κ1) is 11.5. The van der Waals surface area contributed by atoms with E-state index in [2.05, 4.69) is 10.2 Å². The van der Waals surface area contributed by atoms with Gasteiger partial charge in [0.1, 0.15) is 0 Å². The zero-order valence-electron chi connectivity index (χ0n) is 9.22. The maximum atomic E-state index is 10.9. The smallest absolute Gasteiger partial charge is 0.219 e. The van der Waals surface area contributed by atoms with E-state index < -0.39 is 0 Å². The summed E-state index contributed by atoms with van der Waals surface area (Å²) in [5.41, 5.74) is 0. The van der Waals surface area contributed by atoms with Gasteiger partial charge in [-0.1, -0.05) is 13.3 Å². The van der Waals surface area contributed by atoms with Crippen LogP contribution in [-0.2, 0) is 4.79 Å². The van der Waals surface area contributed by atoms with Gasteiger partial charge in [-0.25, -0.2) is 0 Å². The Morgan fingerprint density at radius 2 is 2.07 bits per heavy atom. The van der Waals surface area contributed by atoms with Crippen LogP contribution in [0.3, 0.4) is 0 Å². The van der Waals surface area contributed by atoms with Crippen molar-refractivity contribution in [2.45, 2.75) is 39.0 Å². The number of rotatable bonds is 5. The van der Waals surface area contributed by atoms with Gasteiger partial charge in [0, 0.05) is 14.4 Å². The van der Waals surface area contributed by atoms with Gasteiger partial charge in [-0.3, -0.25) is 4.79 Å². The summed E-state index contributed by atoms with van der Waals surface area (Å²) in [5, 5.41) is 2.91. The number of hydrogen-bond acceptors (Lipinski definition) is 2. The standard InChI is InChI=1S/C11H22N2O.H2/c1-2-11(14)12-7-6-10-13-8-4-3-5-9-13;/h2-10H2,1H3,(H,12,14);1H. The van der Waals surface area contributed by atoms with E-state index in [1.54, 1.807) is 0 Å². The number of nitrogens with zero attached hydrogens (tertiary/aromatic N) is 1. The Kier molecular flexibility index (Phi) is 5.60. The van der Waals surface area contributed by atoms with Gasteiger partial charge in [0.05, 0.1) is 0 Å². The van der Waals surface area contributed by atoms with Crippen LogP contribution in [0, 0.1) is 0 Å². The number of carbonyl (C=O) groups excluding carboxylic acids is 1. The van der Waals surface area contributed by atoms with Gasteiger partial charge in [-0.2, -0.15) is 0 Å². The van der Waals surface area contributed by atoms with Crippen molar-refractivity contribution in [3.05, 3.63) is 0 Å². The third kappa shape index (κ3) is 4.61. The normalized spacial score (nSPS) is 18.1. The summed E-state index contributed by atoms with van der Waals surface area (Å²) in [6.07, 6.45) is 5.78. The van der Waals surface area contributed by atoms with Crippen LogP contribution >= 0.6 is 0 Å². The number of nitrogens with one attached hydrogen (secondary N) is 1. The SMILES string of the molecule is CCC(=O)NCCCN1CCCCC1.[HH]. The van der Waals surface area contributed by atoms with E-state index in [1.165, 1.54) is 32.4 Å². The maximum absolute atomic E-state index is 10.9. The van der Waals surface area contributed by atoms with Crippen molar-refractivity contribution in [3.63, 3.8) is 0 Å². The lowest BCUT2D eigenvalue weighted by atomic mass is 10.1. The van der Waals surface area contributed by atoms with E-state index in [4.69, 9.17) is 0 Å². The molecule has 0 spiro atoms. The molecule has 0 bridgehead atoms. The molecule has 0 aromatic carbocycles. The molecule has 84 valence electrons. The summed E-state index contributed by atoms with van der Waals surface area (Å²) in [6, 6.07) is 0. The topological polar surface area (TPSA) is 32.3 Å². The minimum atomic E-state index is 0. The Balaban J connectivity index is 0.00000196. The molecule has 0 aromatic heterocycles. The van der Waals surface area contributed by atoms with Crippen LogP contribution in [0.4, 0.5) is 0 Å². The predicted molar refractivity (Wildman–Crippen MR) is 60.3 cm³/mol. The zero-order valence-corrected chi connectivity index (χ0v) is 9.22. The van der Waals surface area contributed by atoms with E-state index in [0.29, 0.717) is 6.42 Å². The minimum absolute atomic E-state index is 0. The summed E-state index contributed by atoms with van der Waals surface area (Å²) in [6.45, 7) is 6.37. The predicted octanol–water partition coefficient (Wildman–Crippen LogP) is 1.63. The molecular formula is C11H24N2O. The molecule has 0 aromatic rings. The van der Waals surface area contributed by atoms with Crippen molar-refractivity contribution in [2.75, 3.05) is 26.2 Å². The van der Waals surface area contributed by atoms with Crippen LogP contribution in [0.25, 0.3) is 0 Å². The molecule has 0 unspecified atom stereocenters. The fraction of sp³-hybridized carbons (Fsp3) is 0.909. The average molecular weight is 200 g/mol. The van der Waals surface area contributed by atoms with E-state index in [-0.39, 0.29) is 7.33 Å². The monoisotopic (exact) mass is 200 g/mol. The van der Waals surface area contributed by atoms with E-state index in [9.17, 15) is 4.79 Å². The third-order valence-electron chi connectivity index (χ3n) is 2.74. The van der Waals surface area contributed by atoms with Crippen LogP contribution in [-0.4, -0.2) is 37.0 Å². The lowest BCUT2D eigenvalue weighted by Crippen LogP contribution is -2.33. The van der Waals surface area contributed by atoms with E-state index in [0.717, 1.165) is 19.5 Å². The molecule has 1 saturated heterocycles. The molecule has 3 nitrogen and oxygen atoms in total. The van der Waals surface area contributed by atoms with Crippen molar-refractivity contribution in [2.24, 2.45) is 0 Å². The van der Waals surface area contributed by atoms with Crippen LogP contribution in [0.2, 0.25) is 0 Å². The summed E-state index contributed by atoms with van der Waals surface area (Å²) in [5.74, 6) is 0.170. The Morgan fingerprint density at radius 1 is 1.36 bits per heavy atom. The summed E-state index contributed by atoms with van der Waals surface area (Å²) >= 11 is 0. The summed E-state index contributed by atoms with van der Waals surface area (Å²) in [7, 11) is 0. The van der Waals surface area contributed by atoms with Crippen molar-refractivity contribution in [1.29, 1.82) is 0 Å². The highest BCUT2D eigenvalue weighted by atomic mass is 16.1. The number of piperidine rings is 1. The molecule has 1 fully saturated rings. The van der Waals surface area contributed by atoms with Crippen LogP contribution in [0.15, 0.2) is 0 Å². The van der Waals surface area contributed by atoms with Crippen molar-refractivity contribution < 1.29 is 6.22 Å². The van der Waals surface area contributed by atoms with Gasteiger partial charge < -0.3 is 10.2 Å². The van der Waals surface area contributed by atoms with E-state index in [1.807, 2.05) is 6.92 Å². The Morgan fingerprint density at radius 3 is 2.71 bits per heavy atom. The van der Waals surface area contributed by atoms with Crippen LogP contribution < -0.4 is 5.32 Å². The van der Waals surface area contributed by atoms with Crippen molar-refractivity contribution >= 4 is 5.91 Å². The molecular weight excluding hydrogens is 176 g/mol. The molecule has 1 amide bonds. The fourth-order valence-electron chi connectivity index (χ4n) is 1.84. The summed E-state index contributed by atoms with van der Waals surface area (Å²) in [4.78, 5) is 13.4. The van der Waals surface area contributed by atoms with Crippen molar-refractivity contribution in [1.82, 2.24) is 10.2 Å². The second-order valence-corrected chi connectivity index (χ2v) is 3.96. The van der Waals surface area contributed by atoms with Crippen molar-refractivity contribution in [3.8, 4) is 0 Å². The highest BCUT2D eigenvalue weighted by Crippen LogP contribution is 2.08. The Hall–Kier alpha value is -0.570. The Bertz CT molecular complexity index is 170. The Labute approximate surface area is 88.3 Å². The van der Waals surface area contributed by atoms with Gasteiger partial charge >= 0.3 is 0 Å². The lowest BCUT2D eigenvalue weighted by molar-refractivity contribution is -0.120. The lowest BCUT2D eigenvalue weighted by Gasteiger charge is -2.26. The number of likely N-dealkylation sites (tertiary alicyclic amines) is 1. The third-order valence-corrected chi connectivity index (χ3v) is 2.74. The molecule has 1 aliphatic heterocycles. The largest absolute Gasteiger partial charge is 0.356 e. The minimum Gasteiger partial charge on any atom is -0.356 e. The molecule has 3 heteroatoms. The van der Waals surface area contributed by atoms with Gasteiger partial charge in [-0.15, -0.1) is 0 Å². The molecule has 1 aliphatic rings. The van der Waals surface area contributed by atoms with Gasteiger partial charge in [-0.05, 0) is 38.9 Å². The van der Waals surface area contributed by atoms with E-state index >= 15 is 0 Å². The molecule has 0 atom stereocenters. The molecule has 1 N–H and O–H groups in total. The number of amides is 1. The first-order chi connectivity index (χ1) is 6.83. The molecule has 14 heavy (non-hydrogen) atoms. The van der Waals surface area contributed by atoms with Gasteiger partial charge in [0.2, 0.25) is 5.91 Å². The second kappa shape index (κ2) is 6.82. The maximum Gasteiger partial charge on any atom is 0.219 e. The molecule has 1 rings (SSSR count).